The van der Waals surface area contributed by atoms with Crippen LogP contribution in [0.3, 0.4) is 0 Å². The molecular weight excluding hydrogens is 260 g/mol. The van der Waals surface area contributed by atoms with E-state index in [0.717, 1.165) is 0 Å². The van der Waals surface area contributed by atoms with Crippen molar-refractivity contribution in [2.45, 2.75) is 0 Å². The summed E-state index contributed by atoms with van der Waals surface area (Å²) in [5.74, 6) is 0.209. The molecule has 0 aliphatic carbocycles. The molecular formula is C13H20N4O3. The number of benzene rings is 1. The summed E-state index contributed by atoms with van der Waals surface area (Å²) in [6.45, 7) is 0.694. The number of amides is 3. The topological polar surface area (TPSA) is 96.7 Å². The summed E-state index contributed by atoms with van der Waals surface area (Å²) in [6.07, 6.45) is 0. The molecule has 0 spiro atoms. The van der Waals surface area contributed by atoms with Gasteiger partial charge in [0.1, 0.15) is 5.75 Å². The van der Waals surface area contributed by atoms with Gasteiger partial charge in [-0.2, -0.15) is 0 Å². The molecule has 0 radical (unpaired) electrons. The molecule has 0 aliphatic rings. The molecule has 0 unspecified atom stereocenters. The predicted octanol–water partition coefficient (Wildman–Crippen LogP) is 0.278. The molecule has 0 saturated heterocycles. The highest BCUT2D eigenvalue weighted by atomic mass is 16.5. The fourth-order valence-corrected chi connectivity index (χ4v) is 1.46. The normalized spacial score (nSPS) is 9.75. The van der Waals surface area contributed by atoms with Gasteiger partial charge in [-0.1, -0.05) is 0 Å². The first-order valence-electron chi connectivity index (χ1n) is 6.12. The zero-order valence-corrected chi connectivity index (χ0v) is 11.9. The van der Waals surface area contributed by atoms with E-state index in [1.165, 1.54) is 12.0 Å². The Morgan fingerprint density at radius 1 is 1.25 bits per heavy atom. The molecule has 0 heterocycles. The SMILES string of the molecule is COc1cc(C(=O)NCCNC(=O)N(C)C)ccc1N. The monoisotopic (exact) mass is 280 g/mol. The highest BCUT2D eigenvalue weighted by molar-refractivity contribution is 5.95. The standard InChI is InChI=1S/C13H20N4O3/c1-17(2)13(19)16-7-6-15-12(18)9-4-5-10(14)11(8-9)20-3/h4-5,8H,6-7,14H2,1-3H3,(H,15,18)(H,16,19). The molecule has 7 nitrogen and oxygen atoms in total. The van der Waals surface area contributed by atoms with Gasteiger partial charge in [0.05, 0.1) is 12.8 Å². The zero-order valence-electron chi connectivity index (χ0n) is 11.9. The Kier molecular flexibility index (Phi) is 5.64. The van der Waals surface area contributed by atoms with Crippen molar-refractivity contribution in [1.82, 2.24) is 15.5 Å². The number of carbonyl (C=O) groups excluding carboxylic acids is 2. The Morgan fingerprint density at radius 2 is 1.90 bits per heavy atom. The average molecular weight is 280 g/mol. The second kappa shape index (κ2) is 7.22. The quantitative estimate of drug-likeness (QED) is 0.533. The van der Waals surface area contributed by atoms with Crippen molar-refractivity contribution in [1.29, 1.82) is 0 Å². The van der Waals surface area contributed by atoms with Gasteiger partial charge in [-0.25, -0.2) is 4.79 Å². The molecule has 7 heteroatoms. The Hall–Kier alpha value is -2.44. The maximum Gasteiger partial charge on any atom is 0.316 e. The lowest BCUT2D eigenvalue weighted by Gasteiger charge is -2.12. The lowest BCUT2D eigenvalue weighted by molar-refractivity contribution is 0.0953. The predicted molar refractivity (Wildman–Crippen MR) is 76.8 cm³/mol. The lowest BCUT2D eigenvalue weighted by Crippen LogP contribution is -2.39. The van der Waals surface area contributed by atoms with E-state index >= 15 is 0 Å². The minimum Gasteiger partial charge on any atom is -0.495 e. The number of nitrogens with two attached hydrogens (primary N) is 1. The molecule has 3 amide bonds. The third-order valence-electron chi connectivity index (χ3n) is 2.59. The van der Waals surface area contributed by atoms with Crippen molar-refractivity contribution in [3.05, 3.63) is 23.8 Å². The van der Waals surface area contributed by atoms with Crippen LogP contribution < -0.4 is 21.1 Å². The average Bonchev–Trinajstić information content (AvgIpc) is 2.43. The lowest BCUT2D eigenvalue weighted by atomic mass is 10.2. The van der Waals surface area contributed by atoms with E-state index in [1.54, 1.807) is 32.3 Å². The van der Waals surface area contributed by atoms with Crippen LogP contribution in [0.5, 0.6) is 5.75 Å². The van der Waals surface area contributed by atoms with Crippen molar-refractivity contribution in [3.63, 3.8) is 0 Å². The van der Waals surface area contributed by atoms with Crippen LogP contribution in [-0.4, -0.2) is 51.1 Å². The summed E-state index contributed by atoms with van der Waals surface area (Å²) in [5.41, 5.74) is 6.60. The summed E-state index contributed by atoms with van der Waals surface area (Å²) in [5, 5.41) is 5.34. The van der Waals surface area contributed by atoms with Crippen LogP contribution >= 0.6 is 0 Å². The minimum absolute atomic E-state index is 0.201. The van der Waals surface area contributed by atoms with E-state index in [9.17, 15) is 9.59 Å². The minimum atomic E-state index is -0.248. The van der Waals surface area contributed by atoms with E-state index in [-0.39, 0.29) is 11.9 Å². The fraction of sp³-hybridized carbons (Fsp3) is 0.385. The molecule has 0 bridgehead atoms. The number of methoxy groups -OCH3 is 1. The number of urea groups is 1. The third-order valence-corrected chi connectivity index (χ3v) is 2.59. The van der Waals surface area contributed by atoms with Crippen LogP contribution in [0.1, 0.15) is 10.4 Å². The first-order chi connectivity index (χ1) is 9.45. The van der Waals surface area contributed by atoms with Gasteiger partial charge in [-0.3, -0.25) is 4.79 Å². The first-order valence-corrected chi connectivity index (χ1v) is 6.12. The second-order valence-electron chi connectivity index (χ2n) is 4.34. The van der Waals surface area contributed by atoms with Crippen molar-refractivity contribution in [3.8, 4) is 5.75 Å². The summed E-state index contributed by atoms with van der Waals surface area (Å²) in [7, 11) is 4.79. The summed E-state index contributed by atoms with van der Waals surface area (Å²) < 4.78 is 5.05. The second-order valence-corrected chi connectivity index (χ2v) is 4.34. The van der Waals surface area contributed by atoms with Crippen molar-refractivity contribution in [2.75, 3.05) is 40.0 Å². The molecule has 0 atom stereocenters. The van der Waals surface area contributed by atoms with Gasteiger partial charge < -0.3 is 26.0 Å². The Labute approximate surface area is 118 Å². The van der Waals surface area contributed by atoms with E-state index < -0.39 is 0 Å². The molecule has 4 N–H and O–H groups in total. The van der Waals surface area contributed by atoms with Gasteiger partial charge in [-0.15, -0.1) is 0 Å². The van der Waals surface area contributed by atoms with Crippen LogP contribution in [0.4, 0.5) is 10.5 Å². The summed E-state index contributed by atoms with van der Waals surface area (Å²) in [6, 6.07) is 4.60. The van der Waals surface area contributed by atoms with Crippen molar-refractivity contribution < 1.29 is 14.3 Å². The van der Waals surface area contributed by atoms with Crippen LogP contribution in [0.25, 0.3) is 0 Å². The molecule has 1 aromatic carbocycles. The molecule has 1 aromatic rings. The van der Waals surface area contributed by atoms with Crippen LogP contribution in [0.15, 0.2) is 18.2 Å². The third kappa shape index (κ3) is 4.34. The van der Waals surface area contributed by atoms with Gasteiger partial charge in [0.2, 0.25) is 0 Å². The van der Waals surface area contributed by atoms with E-state index in [1.807, 2.05) is 0 Å². The van der Waals surface area contributed by atoms with E-state index in [4.69, 9.17) is 10.5 Å². The number of nitrogens with one attached hydrogen (secondary N) is 2. The molecule has 110 valence electrons. The van der Waals surface area contributed by atoms with Gasteiger partial charge in [0.25, 0.3) is 5.91 Å². The van der Waals surface area contributed by atoms with Crippen molar-refractivity contribution in [2.24, 2.45) is 0 Å². The van der Waals surface area contributed by atoms with Crippen LogP contribution in [0.2, 0.25) is 0 Å². The molecule has 20 heavy (non-hydrogen) atoms. The van der Waals surface area contributed by atoms with Gasteiger partial charge in [0, 0.05) is 32.7 Å². The van der Waals surface area contributed by atoms with E-state index in [2.05, 4.69) is 10.6 Å². The molecule has 0 fully saturated rings. The molecule has 0 aliphatic heterocycles. The number of anilines is 1. The smallest absolute Gasteiger partial charge is 0.316 e. The highest BCUT2D eigenvalue weighted by Gasteiger charge is 2.08. The molecule has 1 rings (SSSR count). The fourth-order valence-electron chi connectivity index (χ4n) is 1.46. The number of nitrogens with zero attached hydrogens (tertiary/aromatic N) is 1. The van der Waals surface area contributed by atoms with Crippen molar-refractivity contribution >= 4 is 17.6 Å². The number of carbonyl (C=O) groups is 2. The number of ether oxygens (including phenoxy) is 1. The van der Waals surface area contributed by atoms with Crippen LogP contribution in [0, 0.1) is 0 Å². The zero-order chi connectivity index (χ0) is 15.1. The first kappa shape index (κ1) is 15.6. The molecule has 0 saturated carbocycles. The Balaban J connectivity index is 2.45. The van der Waals surface area contributed by atoms with Gasteiger partial charge >= 0.3 is 6.03 Å². The highest BCUT2D eigenvalue weighted by Crippen LogP contribution is 2.21. The number of hydrogen-bond donors (Lipinski definition) is 3. The molecule has 0 aromatic heterocycles. The maximum atomic E-state index is 11.9. The number of rotatable bonds is 5. The Morgan fingerprint density at radius 3 is 2.50 bits per heavy atom. The van der Waals surface area contributed by atoms with Crippen LogP contribution in [-0.2, 0) is 0 Å². The van der Waals surface area contributed by atoms with E-state index in [0.29, 0.717) is 30.1 Å². The Bertz CT molecular complexity index is 489. The number of nitrogen functional groups attached to an aromatic ring is 1. The van der Waals surface area contributed by atoms with Gasteiger partial charge in [0.15, 0.2) is 0 Å². The maximum absolute atomic E-state index is 11.9. The summed E-state index contributed by atoms with van der Waals surface area (Å²) in [4.78, 5) is 24.5. The summed E-state index contributed by atoms with van der Waals surface area (Å²) >= 11 is 0. The largest absolute Gasteiger partial charge is 0.495 e. The number of hydrogen-bond acceptors (Lipinski definition) is 4. The van der Waals surface area contributed by atoms with Gasteiger partial charge in [-0.05, 0) is 18.2 Å².